The van der Waals surface area contributed by atoms with Crippen molar-refractivity contribution in [1.29, 1.82) is 0 Å². The number of benzene rings is 1. The van der Waals surface area contributed by atoms with Crippen LogP contribution in [0.1, 0.15) is 56.9 Å². The van der Waals surface area contributed by atoms with E-state index in [9.17, 15) is 9.59 Å². The van der Waals surface area contributed by atoms with E-state index in [0.717, 1.165) is 50.5 Å². The predicted molar refractivity (Wildman–Crippen MR) is 102 cm³/mol. The Kier molecular flexibility index (Phi) is 4.96. The Morgan fingerprint density at radius 1 is 1.04 bits per heavy atom. The summed E-state index contributed by atoms with van der Waals surface area (Å²) in [4.78, 5) is 28.2. The molecule has 2 atom stereocenters. The number of nitrogens with zero attached hydrogens (tertiary/aromatic N) is 1. The number of hydrogen-bond donors (Lipinski definition) is 1. The Bertz CT molecular complexity index is 682. The van der Waals surface area contributed by atoms with E-state index >= 15 is 0 Å². The van der Waals surface area contributed by atoms with Crippen LogP contribution in [0.5, 0.6) is 0 Å². The van der Waals surface area contributed by atoms with Crippen molar-refractivity contribution in [2.24, 2.45) is 5.92 Å². The van der Waals surface area contributed by atoms with E-state index in [-0.39, 0.29) is 23.8 Å². The van der Waals surface area contributed by atoms with Crippen LogP contribution in [0.25, 0.3) is 0 Å². The zero-order chi connectivity index (χ0) is 18.1. The number of halogens is 1. The third kappa shape index (κ3) is 3.24. The maximum Gasteiger partial charge on any atom is 0.233 e. The monoisotopic (exact) mass is 374 g/mol. The van der Waals surface area contributed by atoms with Crippen molar-refractivity contribution in [3.63, 3.8) is 0 Å². The summed E-state index contributed by atoms with van der Waals surface area (Å²) in [7, 11) is 0. The molecular weight excluding hydrogens is 348 g/mol. The van der Waals surface area contributed by atoms with E-state index in [2.05, 4.69) is 5.32 Å². The summed E-state index contributed by atoms with van der Waals surface area (Å²) >= 11 is 6.09. The first-order valence-corrected chi connectivity index (χ1v) is 10.3. The lowest BCUT2D eigenvalue weighted by Crippen LogP contribution is -2.51. The molecule has 1 aliphatic carbocycles. The van der Waals surface area contributed by atoms with Crippen molar-refractivity contribution in [2.75, 3.05) is 13.1 Å². The van der Waals surface area contributed by atoms with Crippen LogP contribution in [0, 0.1) is 5.92 Å². The number of fused-ring (bicyclic) bond motifs is 3. The summed E-state index contributed by atoms with van der Waals surface area (Å²) in [6, 6.07) is 7.93. The lowest BCUT2D eigenvalue weighted by atomic mass is 9.68. The molecule has 1 aromatic carbocycles. The molecule has 2 aliphatic heterocycles. The SMILES string of the molecule is O=C1N[C@@H]2CCC[C@H]1CN(C(=O)C1(c3ccc(Cl)cc3)CCCCC1)C2. The van der Waals surface area contributed by atoms with Gasteiger partial charge >= 0.3 is 0 Å². The molecule has 5 heteroatoms. The minimum Gasteiger partial charge on any atom is -0.351 e. The van der Waals surface area contributed by atoms with Crippen molar-refractivity contribution in [1.82, 2.24) is 10.2 Å². The molecule has 2 bridgehead atoms. The van der Waals surface area contributed by atoms with Crippen LogP contribution < -0.4 is 5.32 Å². The molecule has 2 saturated heterocycles. The second-order valence-electron chi connectivity index (χ2n) is 8.19. The normalized spacial score (nSPS) is 28.2. The van der Waals surface area contributed by atoms with Crippen molar-refractivity contribution in [3.8, 4) is 0 Å². The zero-order valence-corrected chi connectivity index (χ0v) is 15.9. The second kappa shape index (κ2) is 7.22. The fraction of sp³-hybridized carbons (Fsp3) is 0.619. The van der Waals surface area contributed by atoms with Gasteiger partial charge in [-0.3, -0.25) is 9.59 Å². The molecule has 1 N–H and O–H groups in total. The number of nitrogens with one attached hydrogen (secondary N) is 1. The first-order valence-electron chi connectivity index (χ1n) is 9.94. The van der Waals surface area contributed by atoms with Gasteiger partial charge in [0.05, 0.1) is 11.3 Å². The molecule has 140 valence electrons. The number of hydrogen-bond acceptors (Lipinski definition) is 2. The second-order valence-corrected chi connectivity index (χ2v) is 8.63. The molecule has 0 spiro atoms. The van der Waals surface area contributed by atoms with Gasteiger partial charge < -0.3 is 10.2 Å². The Hall–Kier alpha value is -1.55. The van der Waals surface area contributed by atoms with E-state index in [1.807, 2.05) is 29.2 Å². The largest absolute Gasteiger partial charge is 0.351 e. The van der Waals surface area contributed by atoms with E-state index in [1.54, 1.807) is 0 Å². The number of carbonyl (C=O) groups excluding carboxylic acids is 2. The third-order valence-electron chi connectivity index (χ3n) is 6.50. The van der Waals surface area contributed by atoms with Gasteiger partial charge in [-0.05, 0) is 43.4 Å². The van der Waals surface area contributed by atoms with Gasteiger partial charge in [0, 0.05) is 24.2 Å². The first kappa shape index (κ1) is 17.8. The summed E-state index contributed by atoms with van der Waals surface area (Å²) < 4.78 is 0. The van der Waals surface area contributed by atoms with Crippen LogP contribution >= 0.6 is 11.6 Å². The van der Waals surface area contributed by atoms with E-state index in [4.69, 9.17) is 11.6 Å². The Morgan fingerprint density at radius 2 is 1.77 bits per heavy atom. The van der Waals surface area contributed by atoms with Gasteiger partial charge in [-0.1, -0.05) is 49.4 Å². The Balaban J connectivity index is 1.66. The summed E-state index contributed by atoms with van der Waals surface area (Å²) in [5.74, 6) is 0.289. The van der Waals surface area contributed by atoms with Gasteiger partial charge in [-0.15, -0.1) is 0 Å². The first-order chi connectivity index (χ1) is 12.6. The summed E-state index contributed by atoms with van der Waals surface area (Å²) in [6.07, 6.45) is 8.05. The highest BCUT2D eigenvalue weighted by atomic mass is 35.5. The number of carbonyl (C=O) groups is 2. The third-order valence-corrected chi connectivity index (χ3v) is 6.76. The molecule has 2 heterocycles. The standard InChI is InChI=1S/C21H27ClN2O2/c22-17-9-7-16(8-10-17)21(11-2-1-3-12-21)20(26)24-13-15-5-4-6-18(14-24)23-19(15)25/h7-10,15,18H,1-6,11-14H2,(H,23,25)/t15-,18+/m0/s1. The molecule has 0 radical (unpaired) electrons. The van der Waals surface area contributed by atoms with E-state index < -0.39 is 5.41 Å². The average Bonchev–Trinajstić information content (AvgIpc) is 2.90. The molecule has 26 heavy (non-hydrogen) atoms. The van der Waals surface area contributed by atoms with Gasteiger partial charge in [-0.2, -0.15) is 0 Å². The smallest absolute Gasteiger partial charge is 0.233 e. The molecular formula is C21H27ClN2O2. The molecule has 1 aromatic rings. The van der Waals surface area contributed by atoms with E-state index in [1.165, 1.54) is 6.42 Å². The van der Waals surface area contributed by atoms with Crippen LogP contribution in [0.3, 0.4) is 0 Å². The van der Waals surface area contributed by atoms with Crippen LogP contribution in [-0.2, 0) is 15.0 Å². The molecule has 2 amide bonds. The fourth-order valence-electron chi connectivity index (χ4n) is 5.07. The molecule has 3 fully saturated rings. The highest BCUT2D eigenvalue weighted by molar-refractivity contribution is 6.30. The maximum absolute atomic E-state index is 13.8. The molecule has 0 aromatic heterocycles. The number of amides is 2. The van der Waals surface area contributed by atoms with Crippen LogP contribution in [-0.4, -0.2) is 35.8 Å². The topological polar surface area (TPSA) is 49.4 Å². The molecule has 1 saturated carbocycles. The molecule has 4 nitrogen and oxygen atoms in total. The van der Waals surface area contributed by atoms with Crippen LogP contribution in [0.15, 0.2) is 24.3 Å². The minimum absolute atomic E-state index is 0.0580. The molecule has 4 rings (SSSR count). The number of likely N-dealkylation sites (tertiary alicyclic amines) is 1. The maximum atomic E-state index is 13.8. The lowest BCUT2D eigenvalue weighted by molar-refractivity contribution is -0.140. The van der Waals surface area contributed by atoms with Crippen LogP contribution in [0.2, 0.25) is 5.02 Å². The van der Waals surface area contributed by atoms with Crippen LogP contribution in [0.4, 0.5) is 0 Å². The summed E-state index contributed by atoms with van der Waals surface area (Å²) in [5, 5.41) is 3.84. The average molecular weight is 375 g/mol. The molecule has 3 aliphatic rings. The van der Waals surface area contributed by atoms with Crippen molar-refractivity contribution in [3.05, 3.63) is 34.9 Å². The van der Waals surface area contributed by atoms with Crippen molar-refractivity contribution in [2.45, 2.75) is 62.8 Å². The summed E-state index contributed by atoms with van der Waals surface area (Å²) in [5.41, 5.74) is 0.630. The van der Waals surface area contributed by atoms with Gasteiger partial charge in [0.25, 0.3) is 0 Å². The minimum atomic E-state index is -0.454. The highest BCUT2D eigenvalue weighted by Gasteiger charge is 2.45. The van der Waals surface area contributed by atoms with Gasteiger partial charge in [-0.25, -0.2) is 0 Å². The fourth-order valence-corrected chi connectivity index (χ4v) is 5.20. The quantitative estimate of drug-likeness (QED) is 0.858. The van der Waals surface area contributed by atoms with E-state index in [0.29, 0.717) is 18.1 Å². The van der Waals surface area contributed by atoms with Gasteiger partial charge in [0.1, 0.15) is 0 Å². The lowest BCUT2D eigenvalue weighted by Gasteiger charge is -2.41. The summed E-state index contributed by atoms with van der Waals surface area (Å²) in [6.45, 7) is 1.22. The van der Waals surface area contributed by atoms with Crippen molar-refractivity contribution < 1.29 is 9.59 Å². The molecule has 0 unspecified atom stereocenters. The van der Waals surface area contributed by atoms with Gasteiger partial charge in [0.2, 0.25) is 11.8 Å². The number of rotatable bonds is 2. The van der Waals surface area contributed by atoms with Crippen molar-refractivity contribution >= 4 is 23.4 Å². The predicted octanol–water partition coefficient (Wildman–Crippen LogP) is 3.67. The zero-order valence-electron chi connectivity index (χ0n) is 15.2. The Morgan fingerprint density at radius 3 is 2.50 bits per heavy atom. The highest BCUT2D eigenvalue weighted by Crippen LogP contribution is 2.42. The Labute approximate surface area is 160 Å². The van der Waals surface area contributed by atoms with Gasteiger partial charge in [0.15, 0.2) is 0 Å².